The zero-order chi connectivity index (χ0) is 15.8. The molecule has 0 aliphatic rings. The standard InChI is InChI=1S/C21H26O/c1-4-19(20-13-9-6-10-14-20)15-21(2,3)17-22-16-18-11-7-5-8-12-18/h5-15H,4,16-17H2,1-3H3. The van der Waals surface area contributed by atoms with Gasteiger partial charge in [-0.15, -0.1) is 0 Å². The normalized spacial score (nSPS) is 12.4. The van der Waals surface area contributed by atoms with E-state index >= 15 is 0 Å². The fourth-order valence-corrected chi connectivity index (χ4v) is 2.56. The molecule has 2 rings (SSSR count). The summed E-state index contributed by atoms with van der Waals surface area (Å²) in [6, 6.07) is 20.9. The van der Waals surface area contributed by atoms with Crippen LogP contribution < -0.4 is 0 Å². The van der Waals surface area contributed by atoms with Crippen LogP contribution in [0.2, 0.25) is 0 Å². The van der Waals surface area contributed by atoms with Crippen LogP contribution in [0.15, 0.2) is 66.7 Å². The first kappa shape index (κ1) is 16.5. The largest absolute Gasteiger partial charge is 0.376 e. The minimum atomic E-state index is 0.0238. The number of allylic oxidation sites excluding steroid dienone is 1. The van der Waals surface area contributed by atoms with Crippen molar-refractivity contribution >= 4 is 5.57 Å². The monoisotopic (exact) mass is 294 g/mol. The molecule has 0 amide bonds. The Labute approximate surface area is 134 Å². The Bertz CT molecular complexity index is 582. The fourth-order valence-electron chi connectivity index (χ4n) is 2.56. The first-order valence-corrected chi connectivity index (χ1v) is 7.99. The first-order valence-electron chi connectivity index (χ1n) is 7.99. The highest BCUT2D eigenvalue weighted by molar-refractivity contribution is 5.65. The quantitative estimate of drug-likeness (QED) is 0.634. The van der Waals surface area contributed by atoms with E-state index in [-0.39, 0.29) is 5.41 Å². The van der Waals surface area contributed by atoms with Gasteiger partial charge < -0.3 is 4.74 Å². The molecule has 0 fully saturated rings. The Kier molecular flexibility index (Phi) is 5.97. The number of hydrogen-bond donors (Lipinski definition) is 0. The van der Waals surface area contributed by atoms with Gasteiger partial charge in [-0.2, -0.15) is 0 Å². The molecule has 0 N–H and O–H groups in total. The maximum Gasteiger partial charge on any atom is 0.0717 e. The molecule has 0 aliphatic heterocycles. The minimum absolute atomic E-state index is 0.0238. The van der Waals surface area contributed by atoms with Crippen LogP contribution in [0.25, 0.3) is 5.57 Å². The lowest BCUT2D eigenvalue weighted by Crippen LogP contribution is -2.17. The van der Waals surface area contributed by atoms with Gasteiger partial charge in [0.15, 0.2) is 0 Å². The average molecular weight is 294 g/mol. The lowest BCUT2D eigenvalue weighted by molar-refractivity contribution is 0.0718. The van der Waals surface area contributed by atoms with E-state index in [1.807, 2.05) is 18.2 Å². The third-order valence-electron chi connectivity index (χ3n) is 3.68. The van der Waals surface area contributed by atoms with Gasteiger partial charge in [-0.3, -0.25) is 0 Å². The summed E-state index contributed by atoms with van der Waals surface area (Å²) in [6.07, 6.45) is 3.39. The van der Waals surface area contributed by atoms with Crippen LogP contribution in [-0.2, 0) is 11.3 Å². The topological polar surface area (TPSA) is 9.23 Å². The van der Waals surface area contributed by atoms with Crippen molar-refractivity contribution in [3.8, 4) is 0 Å². The van der Waals surface area contributed by atoms with E-state index in [1.54, 1.807) is 0 Å². The highest BCUT2D eigenvalue weighted by Crippen LogP contribution is 2.27. The molecule has 0 spiro atoms. The molecule has 2 aromatic carbocycles. The summed E-state index contributed by atoms with van der Waals surface area (Å²) in [5, 5.41) is 0. The Morgan fingerprint density at radius 1 is 0.955 bits per heavy atom. The van der Waals surface area contributed by atoms with Gasteiger partial charge in [0.2, 0.25) is 0 Å². The number of rotatable bonds is 7. The molecule has 0 aromatic heterocycles. The van der Waals surface area contributed by atoms with Crippen LogP contribution in [0.5, 0.6) is 0 Å². The molecule has 0 saturated carbocycles. The summed E-state index contributed by atoms with van der Waals surface area (Å²) in [5.41, 5.74) is 3.94. The van der Waals surface area contributed by atoms with Gasteiger partial charge in [0, 0.05) is 5.41 Å². The molecule has 116 valence electrons. The Morgan fingerprint density at radius 3 is 2.14 bits per heavy atom. The first-order chi connectivity index (χ1) is 10.6. The van der Waals surface area contributed by atoms with Crippen molar-refractivity contribution < 1.29 is 4.74 Å². The van der Waals surface area contributed by atoms with E-state index in [9.17, 15) is 0 Å². The summed E-state index contributed by atoms with van der Waals surface area (Å²) >= 11 is 0. The van der Waals surface area contributed by atoms with Crippen LogP contribution in [0.1, 0.15) is 38.3 Å². The van der Waals surface area contributed by atoms with E-state index in [4.69, 9.17) is 4.74 Å². The molecule has 1 heteroatoms. The van der Waals surface area contributed by atoms with Crippen molar-refractivity contribution in [1.29, 1.82) is 0 Å². The van der Waals surface area contributed by atoms with Gasteiger partial charge in [-0.25, -0.2) is 0 Å². The van der Waals surface area contributed by atoms with Gasteiger partial charge in [-0.1, -0.05) is 87.5 Å². The molecule has 0 unspecified atom stereocenters. The van der Waals surface area contributed by atoms with E-state index in [2.05, 4.69) is 69.3 Å². The smallest absolute Gasteiger partial charge is 0.0717 e. The predicted molar refractivity (Wildman–Crippen MR) is 94.6 cm³/mol. The summed E-state index contributed by atoms with van der Waals surface area (Å²) < 4.78 is 5.92. The van der Waals surface area contributed by atoms with Crippen LogP contribution in [0.3, 0.4) is 0 Å². The highest BCUT2D eigenvalue weighted by Gasteiger charge is 2.16. The van der Waals surface area contributed by atoms with Crippen molar-refractivity contribution in [2.45, 2.75) is 33.8 Å². The molecule has 0 atom stereocenters. The maximum atomic E-state index is 5.92. The fraction of sp³-hybridized carbons (Fsp3) is 0.333. The van der Waals surface area contributed by atoms with E-state index < -0.39 is 0 Å². The summed E-state index contributed by atoms with van der Waals surface area (Å²) in [5.74, 6) is 0. The van der Waals surface area contributed by atoms with E-state index in [1.165, 1.54) is 16.7 Å². The Morgan fingerprint density at radius 2 is 1.55 bits per heavy atom. The van der Waals surface area contributed by atoms with Gasteiger partial charge in [0.1, 0.15) is 0 Å². The molecule has 0 radical (unpaired) electrons. The third-order valence-corrected chi connectivity index (χ3v) is 3.68. The summed E-state index contributed by atoms with van der Waals surface area (Å²) in [4.78, 5) is 0. The molecule has 0 aliphatic carbocycles. The zero-order valence-corrected chi connectivity index (χ0v) is 13.9. The number of benzene rings is 2. The predicted octanol–water partition coefficient (Wildman–Crippen LogP) is 5.72. The number of ether oxygens (including phenoxy) is 1. The molecule has 1 nitrogen and oxygen atoms in total. The van der Waals surface area contributed by atoms with Gasteiger partial charge in [0.25, 0.3) is 0 Å². The van der Waals surface area contributed by atoms with Crippen LogP contribution >= 0.6 is 0 Å². The van der Waals surface area contributed by atoms with Crippen molar-refractivity contribution in [2.24, 2.45) is 5.41 Å². The average Bonchev–Trinajstić information content (AvgIpc) is 2.54. The van der Waals surface area contributed by atoms with Crippen LogP contribution in [0.4, 0.5) is 0 Å². The van der Waals surface area contributed by atoms with Crippen molar-refractivity contribution in [2.75, 3.05) is 6.61 Å². The maximum absolute atomic E-state index is 5.92. The Balaban J connectivity index is 1.98. The molecule has 22 heavy (non-hydrogen) atoms. The minimum Gasteiger partial charge on any atom is -0.376 e. The Hall–Kier alpha value is -1.86. The summed E-state index contributed by atoms with van der Waals surface area (Å²) in [7, 11) is 0. The van der Waals surface area contributed by atoms with Crippen molar-refractivity contribution in [3.05, 3.63) is 77.9 Å². The van der Waals surface area contributed by atoms with Crippen LogP contribution in [-0.4, -0.2) is 6.61 Å². The van der Waals surface area contributed by atoms with Crippen LogP contribution in [0, 0.1) is 5.41 Å². The summed E-state index contributed by atoms with van der Waals surface area (Å²) in [6.45, 7) is 8.07. The lowest BCUT2D eigenvalue weighted by atomic mass is 9.88. The molecule has 0 saturated heterocycles. The zero-order valence-electron chi connectivity index (χ0n) is 13.9. The van der Waals surface area contributed by atoms with Crippen molar-refractivity contribution in [1.82, 2.24) is 0 Å². The van der Waals surface area contributed by atoms with Gasteiger partial charge in [-0.05, 0) is 23.1 Å². The molecule has 0 bridgehead atoms. The third kappa shape index (κ3) is 5.16. The molecule has 2 aromatic rings. The second-order valence-corrected chi connectivity index (χ2v) is 6.36. The highest BCUT2D eigenvalue weighted by atomic mass is 16.5. The lowest BCUT2D eigenvalue weighted by Gasteiger charge is -2.22. The second kappa shape index (κ2) is 7.95. The van der Waals surface area contributed by atoms with Gasteiger partial charge in [0.05, 0.1) is 13.2 Å². The SMILES string of the molecule is CCC(=CC(C)(C)COCc1ccccc1)c1ccccc1. The second-order valence-electron chi connectivity index (χ2n) is 6.36. The van der Waals surface area contributed by atoms with Gasteiger partial charge >= 0.3 is 0 Å². The van der Waals surface area contributed by atoms with E-state index in [0.717, 1.165) is 13.0 Å². The molecular formula is C21H26O. The number of hydrogen-bond acceptors (Lipinski definition) is 1. The molecular weight excluding hydrogens is 268 g/mol. The molecule has 0 heterocycles. The van der Waals surface area contributed by atoms with E-state index in [0.29, 0.717) is 6.61 Å². The van der Waals surface area contributed by atoms with Crippen molar-refractivity contribution in [3.63, 3.8) is 0 Å².